The molecule has 8 aromatic rings. The third-order valence-corrected chi connectivity index (χ3v) is 12.6. The van der Waals surface area contributed by atoms with Crippen molar-refractivity contribution < 1.29 is 81.5 Å². The van der Waals surface area contributed by atoms with Crippen LogP contribution in [0.1, 0.15) is 43.7 Å². The Hall–Kier alpha value is -9.14. The molecule has 0 aliphatic carbocycles. The summed E-state index contributed by atoms with van der Waals surface area (Å²) >= 11 is 0. The first-order chi connectivity index (χ1) is 37.2. The molecular weight excluding hydrogens is 1060 g/mol. The van der Waals surface area contributed by atoms with Gasteiger partial charge in [-0.3, -0.25) is 4.79 Å². The van der Waals surface area contributed by atoms with Crippen molar-refractivity contribution in [3.05, 3.63) is 195 Å². The summed E-state index contributed by atoms with van der Waals surface area (Å²) in [7, 11) is 0. The molecule has 1 amide bonds. The number of halogens is 11. The summed E-state index contributed by atoms with van der Waals surface area (Å²) in [5.41, 5.74) is 11.4. The molecule has 11 rings (SSSR count). The van der Waals surface area contributed by atoms with E-state index in [2.05, 4.69) is 39.1 Å². The molecule has 3 heterocycles. The Morgan fingerprint density at radius 3 is 1.22 bits per heavy atom. The Kier molecular flexibility index (Phi) is 14.5. The van der Waals surface area contributed by atoms with Gasteiger partial charge in [0, 0.05) is 45.9 Å². The largest absolute Gasteiger partial charge is 0.586 e. The number of benzene rings is 8. The molecule has 79 heavy (non-hydrogen) atoms. The van der Waals surface area contributed by atoms with Crippen molar-refractivity contribution in [3.8, 4) is 67.9 Å². The average Bonchev–Trinajstić information content (AvgIpc) is 4.04. The fourth-order valence-electron chi connectivity index (χ4n) is 8.76. The van der Waals surface area contributed by atoms with Crippen LogP contribution in [0.2, 0.25) is 0 Å². The highest BCUT2D eigenvalue weighted by Gasteiger charge is 2.46. The molecule has 0 saturated heterocycles. The Balaban J connectivity index is 0.000000147. The molecule has 0 radical (unpaired) electrons. The molecular formula is C58H42F11N3O7. The van der Waals surface area contributed by atoms with Gasteiger partial charge in [0.2, 0.25) is 0 Å². The minimum atomic E-state index is -3.77. The summed E-state index contributed by atoms with van der Waals surface area (Å²) in [6.45, 7) is 8.55. The summed E-state index contributed by atoms with van der Waals surface area (Å²) in [4.78, 5) is 12.4. The van der Waals surface area contributed by atoms with Crippen LogP contribution < -0.4 is 44.8 Å². The number of aryl methyl sites for hydroxylation is 5. The predicted octanol–water partition coefficient (Wildman–Crippen LogP) is 15.7. The van der Waals surface area contributed by atoms with E-state index in [1.165, 1.54) is 91.0 Å². The third-order valence-electron chi connectivity index (χ3n) is 12.6. The fraction of sp³-hybridized carbons (Fsp3) is 0.155. The van der Waals surface area contributed by atoms with Gasteiger partial charge >= 0.3 is 18.9 Å². The number of carbonyl (C=O) groups excluding carboxylic acids is 1. The van der Waals surface area contributed by atoms with Gasteiger partial charge in [0.05, 0.1) is 5.56 Å². The van der Waals surface area contributed by atoms with Crippen molar-refractivity contribution >= 4 is 23.0 Å². The topological polar surface area (TPSA) is 123 Å². The van der Waals surface area contributed by atoms with Gasteiger partial charge in [0.25, 0.3) is 5.91 Å². The van der Waals surface area contributed by atoms with Gasteiger partial charge in [-0.25, -0.2) is 22.0 Å². The normalized spacial score (nSPS) is 14.4. The predicted molar refractivity (Wildman–Crippen MR) is 270 cm³/mol. The molecule has 0 saturated carbocycles. The molecule has 21 heteroatoms. The van der Waals surface area contributed by atoms with Crippen LogP contribution in [-0.4, -0.2) is 24.8 Å². The Labute approximate surface area is 443 Å². The number of nitrogens with two attached hydrogens (primary N) is 1. The van der Waals surface area contributed by atoms with Crippen LogP contribution >= 0.6 is 0 Å². The molecule has 8 aromatic carbocycles. The van der Waals surface area contributed by atoms with Crippen molar-refractivity contribution in [1.82, 2.24) is 0 Å². The second-order valence-electron chi connectivity index (χ2n) is 18.2. The maximum Gasteiger partial charge on any atom is 0.586 e. The third kappa shape index (κ3) is 11.9. The first-order valence-corrected chi connectivity index (χ1v) is 23.6. The number of ether oxygens (including phenoxy) is 6. The number of carbonyl (C=O) groups is 1. The van der Waals surface area contributed by atoms with Crippen LogP contribution in [0.4, 0.5) is 65.4 Å². The second kappa shape index (κ2) is 21.0. The standard InChI is InChI=1S/C22H15F4NO3.C22H17F4NO2.C14H10F3NO2/c1-11-4-3-5-16(23)20(11)21(28)27-13-6-7-14(17(24)9-13)15-10-19-18(8-12(15)2)29-22(25,26)30-19;1-12-4-3-5-18(23)17(12)11-27-14-6-7-15(19(24)9-14)16-10-21-20(8-13(16)2)28-22(25,26)29-21;1-7-4-12-13(20-14(16,17)19-12)6-10(7)9-3-2-8(18)5-11(9)15/h3-10H,1-2H3,(H,27,28);3-10,27H,11H2,1-2H3;2-6H,18H2,1H3. The average molecular weight is 1100 g/mol. The van der Waals surface area contributed by atoms with Crippen LogP contribution in [0.5, 0.6) is 34.5 Å². The molecule has 4 N–H and O–H groups in total. The van der Waals surface area contributed by atoms with E-state index >= 15 is 0 Å². The maximum atomic E-state index is 14.8. The highest BCUT2D eigenvalue weighted by molar-refractivity contribution is 6.05. The Morgan fingerprint density at radius 2 is 0.797 bits per heavy atom. The first-order valence-electron chi connectivity index (χ1n) is 23.6. The molecule has 0 bridgehead atoms. The first kappa shape index (κ1) is 54.6. The smallest absolute Gasteiger partial charge is 0.399 e. The van der Waals surface area contributed by atoms with Crippen molar-refractivity contribution in [2.45, 2.75) is 60.0 Å². The minimum absolute atomic E-state index is 0.0629. The zero-order chi connectivity index (χ0) is 56.9. The molecule has 0 atom stereocenters. The minimum Gasteiger partial charge on any atom is -0.399 e. The van der Waals surface area contributed by atoms with Gasteiger partial charge in [-0.05, 0) is 182 Å². The van der Waals surface area contributed by atoms with E-state index < -0.39 is 48.1 Å². The number of rotatable bonds is 8. The van der Waals surface area contributed by atoms with Crippen LogP contribution in [-0.2, 0) is 6.54 Å². The number of amides is 1. The number of alkyl halides is 6. The van der Waals surface area contributed by atoms with Gasteiger partial charge < -0.3 is 44.8 Å². The lowest BCUT2D eigenvalue weighted by Gasteiger charge is -2.13. The summed E-state index contributed by atoms with van der Waals surface area (Å²) in [5.74, 6) is -4.25. The van der Waals surface area contributed by atoms with Crippen LogP contribution in [0, 0.1) is 63.7 Å². The van der Waals surface area contributed by atoms with E-state index in [0.717, 1.165) is 17.7 Å². The molecule has 0 fully saturated rings. The number of anilines is 3. The fourth-order valence-corrected chi connectivity index (χ4v) is 8.76. The van der Waals surface area contributed by atoms with Crippen molar-refractivity contribution in [3.63, 3.8) is 0 Å². The zero-order valence-corrected chi connectivity index (χ0v) is 41.9. The molecule has 0 aromatic heterocycles. The molecule has 0 spiro atoms. The van der Waals surface area contributed by atoms with E-state index in [-0.39, 0.29) is 80.5 Å². The number of nitrogens with one attached hydrogen (secondary N) is 2. The quantitative estimate of drug-likeness (QED) is 0.101. The van der Waals surface area contributed by atoms with E-state index in [4.69, 9.17) is 5.73 Å². The molecule has 408 valence electrons. The van der Waals surface area contributed by atoms with Crippen molar-refractivity contribution in [2.24, 2.45) is 0 Å². The summed E-state index contributed by atoms with van der Waals surface area (Å²) in [6.07, 6.45) is -11.2. The van der Waals surface area contributed by atoms with E-state index in [1.807, 2.05) is 0 Å². The van der Waals surface area contributed by atoms with Crippen molar-refractivity contribution in [1.29, 1.82) is 0 Å². The van der Waals surface area contributed by atoms with E-state index in [0.29, 0.717) is 50.2 Å². The highest BCUT2D eigenvalue weighted by Crippen LogP contribution is 2.48. The zero-order valence-electron chi connectivity index (χ0n) is 41.9. The second-order valence-corrected chi connectivity index (χ2v) is 18.2. The van der Waals surface area contributed by atoms with Crippen LogP contribution in [0.25, 0.3) is 33.4 Å². The number of nitrogen functional groups attached to an aromatic ring is 1. The molecule has 3 aliphatic rings. The Bertz CT molecular complexity index is 3690. The van der Waals surface area contributed by atoms with Gasteiger partial charge in [-0.15, -0.1) is 26.3 Å². The number of hydrogen-bond donors (Lipinski definition) is 3. The lowest BCUT2D eigenvalue weighted by atomic mass is 9.99. The lowest BCUT2D eigenvalue weighted by molar-refractivity contribution is -0.287. The SMILES string of the molecule is Cc1cc2c(cc1-c1ccc(N)cc1F)OC(F)(F)O2.Cc1cc2c(cc1-c1ccc(NC(=O)c3c(C)cccc3F)cc1F)OC(F)(F)O2.Cc1cc2c(cc1-c1ccc(NCc3c(C)cccc3F)cc1F)OC(F)(F)O2. The molecule has 10 nitrogen and oxygen atoms in total. The van der Waals surface area contributed by atoms with Crippen LogP contribution in [0.3, 0.4) is 0 Å². The maximum absolute atomic E-state index is 14.8. The van der Waals surface area contributed by atoms with Gasteiger partial charge in [-0.1, -0.05) is 24.3 Å². The van der Waals surface area contributed by atoms with Crippen LogP contribution in [0.15, 0.2) is 127 Å². The van der Waals surface area contributed by atoms with Gasteiger partial charge in [0.15, 0.2) is 34.5 Å². The van der Waals surface area contributed by atoms with Crippen molar-refractivity contribution in [2.75, 3.05) is 16.4 Å². The summed E-state index contributed by atoms with van der Waals surface area (Å²) in [6, 6.07) is 29.7. The monoisotopic (exact) mass is 1100 g/mol. The number of fused-ring (bicyclic) bond motifs is 3. The van der Waals surface area contributed by atoms with Gasteiger partial charge in [0.1, 0.15) is 29.1 Å². The lowest BCUT2D eigenvalue weighted by Crippen LogP contribution is -2.25. The van der Waals surface area contributed by atoms with E-state index in [1.54, 1.807) is 58.9 Å². The number of hydrogen-bond acceptors (Lipinski definition) is 9. The summed E-state index contributed by atoms with van der Waals surface area (Å²) in [5, 5.41) is 5.47. The van der Waals surface area contributed by atoms with E-state index in [9.17, 15) is 53.1 Å². The van der Waals surface area contributed by atoms with Gasteiger partial charge in [-0.2, -0.15) is 0 Å². The highest BCUT2D eigenvalue weighted by atomic mass is 19.3. The Morgan fingerprint density at radius 1 is 0.418 bits per heavy atom. The summed E-state index contributed by atoms with van der Waals surface area (Å²) < 4.78 is 177. The molecule has 3 aliphatic heterocycles. The molecule has 0 unspecified atom stereocenters.